The number of hydrogen-bond donors (Lipinski definition) is 2. The summed E-state index contributed by atoms with van der Waals surface area (Å²) in [5.41, 5.74) is 1.78. The highest BCUT2D eigenvalue weighted by Crippen LogP contribution is 2.39. The number of ether oxygens (including phenoxy) is 1. The van der Waals surface area contributed by atoms with Crippen molar-refractivity contribution in [2.45, 2.75) is 44.8 Å². The molecule has 2 saturated carbocycles. The van der Waals surface area contributed by atoms with Crippen molar-refractivity contribution < 1.29 is 19.4 Å². The Hall–Kier alpha value is -1.88. The van der Waals surface area contributed by atoms with Gasteiger partial charge in [0, 0.05) is 5.69 Å². The summed E-state index contributed by atoms with van der Waals surface area (Å²) in [5.74, 6) is -2.00. The van der Waals surface area contributed by atoms with Gasteiger partial charge in [0.05, 0.1) is 24.5 Å². The Kier molecular flexibility index (Phi) is 4.43. The molecule has 0 aromatic heterocycles. The number of benzene rings is 1. The van der Waals surface area contributed by atoms with Gasteiger partial charge in [-0.25, -0.2) is 0 Å². The molecule has 2 aliphatic carbocycles. The second-order valence-corrected chi connectivity index (χ2v) is 6.19. The van der Waals surface area contributed by atoms with E-state index in [1.54, 1.807) is 0 Å². The molecule has 2 unspecified atom stereocenters. The lowest BCUT2D eigenvalue weighted by molar-refractivity contribution is -0.139. The molecule has 1 aromatic rings. The van der Waals surface area contributed by atoms with Crippen molar-refractivity contribution in [3.63, 3.8) is 0 Å². The van der Waals surface area contributed by atoms with E-state index in [4.69, 9.17) is 9.84 Å². The van der Waals surface area contributed by atoms with E-state index in [9.17, 15) is 9.59 Å². The lowest BCUT2D eigenvalue weighted by atomic mass is 10.2. The summed E-state index contributed by atoms with van der Waals surface area (Å²) in [6.07, 6.45) is 5.65. The normalized spacial score (nSPS) is 24.2. The molecule has 0 aliphatic heterocycles. The number of anilines is 1. The van der Waals surface area contributed by atoms with Crippen LogP contribution in [-0.2, 0) is 20.9 Å². The molecule has 3 rings (SSSR count). The fraction of sp³-hybridized carbons (Fsp3) is 0.529. The quantitative estimate of drug-likeness (QED) is 0.847. The van der Waals surface area contributed by atoms with Gasteiger partial charge in [-0.15, -0.1) is 0 Å². The molecule has 0 spiro atoms. The molecule has 5 nitrogen and oxygen atoms in total. The maximum atomic E-state index is 11.9. The number of rotatable bonds is 6. The van der Waals surface area contributed by atoms with Crippen LogP contribution in [-0.4, -0.2) is 23.1 Å². The van der Waals surface area contributed by atoms with Crippen LogP contribution in [0.25, 0.3) is 0 Å². The summed E-state index contributed by atoms with van der Waals surface area (Å²) in [7, 11) is 0. The van der Waals surface area contributed by atoms with Crippen molar-refractivity contribution in [1.29, 1.82) is 0 Å². The molecule has 22 heavy (non-hydrogen) atoms. The van der Waals surface area contributed by atoms with Crippen LogP contribution in [0.2, 0.25) is 0 Å². The van der Waals surface area contributed by atoms with E-state index in [1.165, 1.54) is 12.8 Å². The first-order valence-electron chi connectivity index (χ1n) is 7.87. The minimum atomic E-state index is -0.889. The van der Waals surface area contributed by atoms with Crippen LogP contribution < -0.4 is 5.32 Å². The van der Waals surface area contributed by atoms with E-state index >= 15 is 0 Å². The molecule has 2 fully saturated rings. The zero-order chi connectivity index (χ0) is 15.5. The zero-order valence-corrected chi connectivity index (χ0v) is 12.5. The molecule has 0 heterocycles. The fourth-order valence-corrected chi connectivity index (χ4v) is 2.95. The Labute approximate surface area is 129 Å². The predicted molar refractivity (Wildman–Crippen MR) is 81.3 cm³/mol. The Balaban J connectivity index is 1.47. The third-order valence-corrected chi connectivity index (χ3v) is 4.45. The van der Waals surface area contributed by atoms with Crippen LogP contribution in [0.1, 0.15) is 37.7 Å². The van der Waals surface area contributed by atoms with Crippen LogP contribution in [0.15, 0.2) is 24.3 Å². The Morgan fingerprint density at radius 2 is 1.82 bits per heavy atom. The van der Waals surface area contributed by atoms with Gasteiger partial charge in [0.25, 0.3) is 0 Å². The van der Waals surface area contributed by atoms with Gasteiger partial charge in [-0.05, 0) is 37.0 Å². The van der Waals surface area contributed by atoms with Gasteiger partial charge in [-0.1, -0.05) is 25.0 Å². The van der Waals surface area contributed by atoms with Crippen molar-refractivity contribution in [3.05, 3.63) is 29.8 Å². The van der Waals surface area contributed by atoms with Gasteiger partial charge in [0.15, 0.2) is 0 Å². The molecule has 118 valence electrons. The lowest BCUT2D eigenvalue weighted by Gasteiger charge is -2.11. The number of amides is 1. The zero-order valence-electron chi connectivity index (χ0n) is 12.5. The number of carboxylic acid groups (broad SMARTS) is 1. The Morgan fingerprint density at radius 3 is 2.41 bits per heavy atom. The first-order valence-corrected chi connectivity index (χ1v) is 7.87. The summed E-state index contributed by atoms with van der Waals surface area (Å²) in [6.45, 7) is 0.600. The molecule has 2 atom stereocenters. The molecule has 2 aliphatic rings. The van der Waals surface area contributed by atoms with Crippen molar-refractivity contribution >= 4 is 17.6 Å². The summed E-state index contributed by atoms with van der Waals surface area (Å²) in [5, 5.41) is 11.6. The largest absolute Gasteiger partial charge is 0.481 e. The van der Waals surface area contributed by atoms with E-state index in [0.717, 1.165) is 18.4 Å². The van der Waals surface area contributed by atoms with E-state index in [1.807, 2.05) is 24.3 Å². The van der Waals surface area contributed by atoms with Gasteiger partial charge in [-0.2, -0.15) is 0 Å². The van der Waals surface area contributed by atoms with Gasteiger partial charge < -0.3 is 15.2 Å². The molecule has 5 heteroatoms. The smallest absolute Gasteiger partial charge is 0.307 e. The lowest BCUT2D eigenvalue weighted by Crippen LogP contribution is -2.16. The highest BCUT2D eigenvalue weighted by molar-refractivity contribution is 5.98. The molecular weight excluding hydrogens is 282 g/mol. The number of carbonyl (C=O) groups is 2. The van der Waals surface area contributed by atoms with Gasteiger partial charge in [0.2, 0.25) is 5.91 Å². The van der Waals surface area contributed by atoms with Gasteiger partial charge >= 0.3 is 5.97 Å². The average Bonchev–Trinajstić information content (AvgIpc) is 3.16. The van der Waals surface area contributed by atoms with Crippen LogP contribution in [0.4, 0.5) is 5.69 Å². The third kappa shape index (κ3) is 3.65. The molecular formula is C17H21NO4. The van der Waals surface area contributed by atoms with Crippen molar-refractivity contribution in [3.8, 4) is 0 Å². The average molecular weight is 303 g/mol. The molecule has 1 aromatic carbocycles. The second-order valence-electron chi connectivity index (χ2n) is 6.19. The summed E-state index contributed by atoms with van der Waals surface area (Å²) in [4.78, 5) is 22.6. The SMILES string of the molecule is O=C(O)C1CC1C(=O)Nc1ccc(COC2CCCC2)cc1. The predicted octanol–water partition coefficient (Wildman–Crippen LogP) is 2.81. The maximum absolute atomic E-state index is 11.9. The van der Waals surface area contributed by atoms with Crippen LogP contribution >= 0.6 is 0 Å². The first-order chi connectivity index (χ1) is 10.6. The maximum Gasteiger partial charge on any atom is 0.307 e. The van der Waals surface area contributed by atoms with Crippen LogP contribution in [0.3, 0.4) is 0 Å². The highest BCUT2D eigenvalue weighted by atomic mass is 16.5. The molecule has 2 N–H and O–H groups in total. The number of carbonyl (C=O) groups excluding carboxylic acids is 1. The minimum absolute atomic E-state index is 0.206. The monoisotopic (exact) mass is 303 g/mol. The second kappa shape index (κ2) is 6.48. The topological polar surface area (TPSA) is 75.6 Å². The molecule has 1 amide bonds. The minimum Gasteiger partial charge on any atom is -0.481 e. The van der Waals surface area contributed by atoms with E-state index in [0.29, 0.717) is 24.8 Å². The Morgan fingerprint density at radius 1 is 1.14 bits per heavy atom. The summed E-state index contributed by atoms with van der Waals surface area (Å²) >= 11 is 0. The standard InChI is InChI=1S/C17H21NO4/c19-16(14-9-15(14)17(20)21)18-12-7-5-11(6-8-12)10-22-13-3-1-2-4-13/h5-8,13-15H,1-4,9-10H2,(H,18,19)(H,20,21). The summed E-state index contributed by atoms with van der Waals surface area (Å²) in [6, 6.07) is 7.55. The van der Waals surface area contributed by atoms with Crippen molar-refractivity contribution in [2.24, 2.45) is 11.8 Å². The number of nitrogens with one attached hydrogen (secondary N) is 1. The first kappa shape index (κ1) is 15.0. The van der Waals surface area contributed by atoms with Gasteiger partial charge in [0.1, 0.15) is 0 Å². The van der Waals surface area contributed by atoms with Crippen molar-refractivity contribution in [2.75, 3.05) is 5.32 Å². The summed E-state index contributed by atoms with van der Waals surface area (Å²) < 4.78 is 5.85. The van der Waals surface area contributed by atoms with E-state index in [2.05, 4.69) is 5.32 Å². The third-order valence-electron chi connectivity index (χ3n) is 4.45. The molecule has 0 bridgehead atoms. The Bertz CT molecular complexity index is 548. The van der Waals surface area contributed by atoms with Crippen LogP contribution in [0, 0.1) is 11.8 Å². The van der Waals surface area contributed by atoms with E-state index in [-0.39, 0.29) is 11.8 Å². The number of aliphatic carboxylic acids is 1. The fourth-order valence-electron chi connectivity index (χ4n) is 2.95. The van der Waals surface area contributed by atoms with Gasteiger partial charge in [-0.3, -0.25) is 9.59 Å². The molecule has 0 radical (unpaired) electrons. The highest BCUT2D eigenvalue weighted by Gasteiger charge is 2.48. The van der Waals surface area contributed by atoms with E-state index < -0.39 is 11.9 Å². The van der Waals surface area contributed by atoms with Crippen molar-refractivity contribution in [1.82, 2.24) is 0 Å². The number of hydrogen-bond acceptors (Lipinski definition) is 3. The van der Waals surface area contributed by atoms with Crippen LogP contribution in [0.5, 0.6) is 0 Å². The molecule has 0 saturated heterocycles. The number of carboxylic acids is 1.